The summed E-state index contributed by atoms with van der Waals surface area (Å²) in [5.41, 5.74) is 4.40. The minimum Gasteiger partial charge on any atom is -0.348 e. The Morgan fingerprint density at radius 3 is 2.28 bits per heavy atom. The molecule has 0 unspecified atom stereocenters. The van der Waals surface area contributed by atoms with E-state index in [-0.39, 0.29) is 30.3 Å². The Kier molecular flexibility index (Phi) is 5.19. The molecule has 142 valence electrons. The van der Waals surface area contributed by atoms with E-state index in [2.05, 4.69) is 31.4 Å². The topological polar surface area (TPSA) is 105 Å². The lowest BCUT2D eigenvalue weighted by molar-refractivity contribution is -0.136. The van der Waals surface area contributed by atoms with Crippen LogP contribution in [0.4, 0.5) is 4.79 Å². The van der Waals surface area contributed by atoms with Crippen LogP contribution < -0.4 is 16.4 Å². The first-order valence-electron chi connectivity index (χ1n) is 9.05. The van der Waals surface area contributed by atoms with Gasteiger partial charge in [-0.3, -0.25) is 14.5 Å². The van der Waals surface area contributed by atoms with E-state index in [1.165, 1.54) is 0 Å². The number of hydrogen-bond acceptors (Lipinski definition) is 4. The molecule has 4 N–H and O–H groups in total. The number of nitrogens with one attached hydrogen (secondary N) is 2. The fourth-order valence-corrected chi connectivity index (χ4v) is 3.75. The van der Waals surface area contributed by atoms with Gasteiger partial charge in [-0.15, -0.1) is 0 Å². The molecule has 0 aromatic heterocycles. The maximum absolute atomic E-state index is 12.9. The van der Waals surface area contributed by atoms with Crippen LogP contribution in [0.1, 0.15) is 60.3 Å². The van der Waals surface area contributed by atoms with Crippen LogP contribution in [0.15, 0.2) is 0 Å². The van der Waals surface area contributed by atoms with Crippen molar-refractivity contribution in [2.45, 2.75) is 71.4 Å². The maximum Gasteiger partial charge on any atom is 0.325 e. The predicted molar refractivity (Wildman–Crippen MR) is 95.7 cm³/mol. The van der Waals surface area contributed by atoms with Crippen molar-refractivity contribution in [1.29, 1.82) is 0 Å². The first-order chi connectivity index (χ1) is 11.4. The summed E-state index contributed by atoms with van der Waals surface area (Å²) in [6.45, 7) is 10.2. The van der Waals surface area contributed by atoms with Crippen LogP contribution in [0.25, 0.3) is 0 Å². The van der Waals surface area contributed by atoms with Gasteiger partial charge in [-0.1, -0.05) is 20.8 Å². The summed E-state index contributed by atoms with van der Waals surface area (Å²) in [5, 5.41) is 5.61. The molecule has 1 aliphatic heterocycles. The second-order valence-corrected chi connectivity index (χ2v) is 9.18. The van der Waals surface area contributed by atoms with Gasteiger partial charge in [0.05, 0.1) is 0 Å². The summed E-state index contributed by atoms with van der Waals surface area (Å²) >= 11 is 0. The zero-order valence-electron chi connectivity index (χ0n) is 16.1. The van der Waals surface area contributed by atoms with Crippen molar-refractivity contribution in [1.82, 2.24) is 15.5 Å². The first-order valence-corrected chi connectivity index (χ1v) is 9.05. The molecule has 2 fully saturated rings. The molecule has 2 rings (SSSR count). The number of hydrogen-bond donors (Lipinski definition) is 3. The molecule has 1 heterocycles. The Hall–Kier alpha value is -1.63. The molecule has 7 heteroatoms. The van der Waals surface area contributed by atoms with Gasteiger partial charge in [0.15, 0.2) is 0 Å². The van der Waals surface area contributed by atoms with Gasteiger partial charge >= 0.3 is 6.03 Å². The number of nitrogens with two attached hydrogens (primary N) is 1. The van der Waals surface area contributed by atoms with Gasteiger partial charge in [0, 0.05) is 12.1 Å². The zero-order chi connectivity index (χ0) is 19.0. The molecule has 4 amide bonds. The molecule has 1 saturated carbocycles. The highest BCUT2D eigenvalue weighted by Gasteiger charge is 2.53. The molecule has 0 atom stereocenters. The van der Waals surface area contributed by atoms with E-state index >= 15 is 0 Å². The average molecular weight is 352 g/mol. The second-order valence-electron chi connectivity index (χ2n) is 9.18. The molecule has 0 aromatic rings. The highest BCUT2D eigenvalue weighted by atomic mass is 16.2. The van der Waals surface area contributed by atoms with E-state index in [0.717, 1.165) is 17.7 Å². The standard InChI is InChI=1S/C18H32N4O3/c1-16(2,3)12-6-8-18(9-7-12)14(24)22(15(25)21-18)10-13(23)20-17(4,5)11-19/h12H,6-11,19H2,1-5H3,(H,20,23)(H,21,25). The van der Waals surface area contributed by atoms with Crippen LogP contribution in [0.2, 0.25) is 0 Å². The van der Waals surface area contributed by atoms with E-state index in [0.29, 0.717) is 18.8 Å². The number of nitrogens with zero attached hydrogens (tertiary/aromatic N) is 1. The first kappa shape index (κ1) is 19.7. The van der Waals surface area contributed by atoms with Crippen molar-refractivity contribution in [2.24, 2.45) is 17.1 Å². The molecule has 0 aromatic carbocycles. The number of carbonyl (C=O) groups is 3. The molecular weight excluding hydrogens is 320 g/mol. The number of urea groups is 1. The van der Waals surface area contributed by atoms with E-state index in [9.17, 15) is 14.4 Å². The number of carbonyl (C=O) groups excluding carboxylic acids is 3. The van der Waals surface area contributed by atoms with Crippen LogP contribution in [0, 0.1) is 11.3 Å². The molecule has 2 aliphatic rings. The van der Waals surface area contributed by atoms with Crippen molar-refractivity contribution >= 4 is 17.8 Å². The molecule has 1 spiro atoms. The SMILES string of the molecule is CC(C)(CN)NC(=O)CN1C(=O)NC2(CCC(C(C)(C)C)CC2)C1=O. The smallest absolute Gasteiger partial charge is 0.325 e. The lowest BCUT2D eigenvalue weighted by Crippen LogP contribution is -2.53. The highest BCUT2D eigenvalue weighted by Crippen LogP contribution is 2.43. The van der Waals surface area contributed by atoms with Gasteiger partial charge in [0.25, 0.3) is 5.91 Å². The summed E-state index contributed by atoms with van der Waals surface area (Å²) < 4.78 is 0. The predicted octanol–water partition coefficient (Wildman–Crippen LogP) is 1.37. The van der Waals surface area contributed by atoms with Crippen molar-refractivity contribution in [3.8, 4) is 0 Å². The summed E-state index contributed by atoms with van der Waals surface area (Å²) in [6.07, 6.45) is 3.06. The van der Waals surface area contributed by atoms with Crippen molar-refractivity contribution in [3.63, 3.8) is 0 Å². The fourth-order valence-electron chi connectivity index (χ4n) is 3.75. The van der Waals surface area contributed by atoms with Crippen molar-refractivity contribution in [3.05, 3.63) is 0 Å². The molecule has 1 saturated heterocycles. The average Bonchev–Trinajstić information content (AvgIpc) is 2.71. The Morgan fingerprint density at radius 2 is 1.80 bits per heavy atom. The molecule has 25 heavy (non-hydrogen) atoms. The lowest BCUT2D eigenvalue weighted by atomic mass is 9.67. The summed E-state index contributed by atoms with van der Waals surface area (Å²) in [6, 6.07) is -0.472. The number of imide groups is 1. The molecular formula is C18H32N4O3. The van der Waals surface area contributed by atoms with Crippen LogP contribution in [-0.4, -0.2) is 46.9 Å². The normalized spacial score (nSPS) is 27.6. The van der Waals surface area contributed by atoms with Crippen LogP contribution in [0.5, 0.6) is 0 Å². The summed E-state index contributed by atoms with van der Waals surface area (Å²) in [7, 11) is 0. The van der Waals surface area contributed by atoms with Gasteiger partial charge in [-0.2, -0.15) is 0 Å². The number of amides is 4. The van der Waals surface area contributed by atoms with E-state index < -0.39 is 17.1 Å². The van der Waals surface area contributed by atoms with Crippen molar-refractivity contribution < 1.29 is 14.4 Å². The summed E-state index contributed by atoms with van der Waals surface area (Å²) in [4.78, 5) is 38.4. The van der Waals surface area contributed by atoms with Gasteiger partial charge in [-0.05, 0) is 50.9 Å². The molecule has 0 bridgehead atoms. The van der Waals surface area contributed by atoms with Gasteiger partial charge in [-0.25, -0.2) is 4.79 Å². The third-order valence-corrected chi connectivity index (χ3v) is 5.60. The lowest BCUT2D eigenvalue weighted by Gasteiger charge is -2.40. The zero-order valence-corrected chi connectivity index (χ0v) is 16.1. The summed E-state index contributed by atoms with van der Waals surface area (Å²) in [5.74, 6) is -0.115. The third kappa shape index (κ3) is 4.14. The monoisotopic (exact) mass is 352 g/mol. The van der Waals surface area contributed by atoms with E-state index in [1.807, 2.05) is 0 Å². The van der Waals surface area contributed by atoms with Crippen LogP contribution in [0.3, 0.4) is 0 Å². The molecule has 1 aliphatic carbocycles. The molecule has 0 radical (unpaired) electrons. The van der Waals surface area contributed by atoms with Gasteiger partial charge in [0.1, 0.15) is 12.1 Å². The highest BCUT2D eigenvalue weighted by molar-refractivity contribution is 6.09. The van der Waals surface area contributed by atoms with Crippen molar-refractivity contribution in [2.75, 3.05) is 13.1 Å². The quantitative estimate of drug-likeness (QED) is 0.665. The van der Waals surface area contributed by atoms with E-state index in [1.54, 1.807) is 13.8 Å². The minimum absolute atomic E-state index is 0.195. The Labute approximate surface area is 150 Å². The van der Waals surface area contributed by atoms with Crippen LogP contribution in [-0.2, 0) is 9.59 Å². The largest absolute Gasteiger partial charge is 0.348 e. The number of rotatable bonds is 4. The Morgan fingerprint density at radius 1 is 1.24 bits per heavy atom. The van der Waals surface area contributed by atoms with Crippen LogP contribution >= 0.6 is 0 Å². The van der Waals surface area contributed by atoms with E-state index in [4.69, 9.17) is 5.73 Å². The maximum atomic E-state index is 12.9. The fraction of sp³-hybridized carbons (Fsp3) is 0.833. The van der Waals surface area contributed by atoms with Gasteiger partial charge in [0.2, 0.25) is 5.91 Å². The Balaban J connectivity index is 2.02. The minimum atomic E-state index is -0.831. The third-order valence-electron chi connectivity index (χ3n) is 5.60. The Bertz CT molecular complexity index is 557. The van der Waals surface area contributed by atoms with Gasteiger partial charge < -0.3 is 16.4 Å². The molecule has 7 nitrogen and oxygen atoms in total. The second kappa shape index (κ2) is 6.59.